The van der Waals surface area contributed by atoms with Crippen molar-refractivity contribution in [1.82, 2.24) is 0 Å². The van der Waals surface area contributed by atoms with E-state index in [4.69, 9.17) is 23.7 Å². The van der Waals surface area contributed by atoms with Gasteiger partial charge in [-0.05, 0) is 47.4 Å². The fourth-order valence-corrected chi connectivity index (χ4v) is 3.56. The Morgan fingerprint density at radius 1 is 0.868 bits per heavy atom. The largest absolute Gasteiger partial charge is 0.493 e. The molecule has 1 atom stereocenters. The minimum atomic E-state index is -1.13. The second kappa shape index (κ2) is 14.9. The van der Waals surface area contributed by atoms with Crippen LogP contribution in [0.3, 0.4) is 0 Å². The average molecular weight is 517 g/mol. The first kappa shape index (κ1) is 28.1. The van der Waals surface area contributed by atoms with E-state index >= 15 is 0 Å². The van der Waals surface area contributed by atoms with Crippen molar-refractivity contribution < 1.29 is 33.3 Å². The van der Waals surface area contributed by atoms with Gasteiger partial charge in [-0.25, -0.2) is 9.59 Å². The van der Waals surface area contributed by atoms with Gasteiger partial charge in [0, 0.05) is 12.5 Å². The van der Waals surface area contributed by atoms with Gasteiger partial charge in [0.25, 0.3) is 0 Å². The maximum Gasteiger partial charge on any atom is 0.348 e. The predicted molar refractivity (Wildman–Crippen MR) is 144 cm³/mol. The highest BCUT2D eigenvalue weighted by Crippen LogP contribution is 2.28. The molecule has 38 heavy (non-hydrogen) atoms. The molecule has 0 aromatic heterocycles. The molecule has 3 rings (SSSR count). The van der Waals surface area contributed by atoms with Gasteiger partial charge in [0.05, 0.1) is 14.2 Å². The molecule has 0 bridgehead atoms. The Hall–Kier alpha value is -4.52. The van der Waals surface area contributed by atoms with Crippen LogP contribution in [0.5, 0.6) is 17.2 Å². The molecule has 0 N–H and O–H groups in total. The number of benzene rings is 3. The fraction of sp³-hybridized carbons (Fsp3) is 0.226. The summed E-state index contributed by atoms with van der Waals surface area (Å²) in [5.41, 5.74) is 2.80. The lowest BCUT2D eigenvalue weighted by molar-refractivity contribution is -0.164. The van der Waals surface area contributed by atoms with Crippen molar-refractivity contribution in [3.63, 3.8) is 0 Å². The van der Waals surface area contributed by atoms with Crippen LogP contribution in [0.2, 0.25) is 0 Å². The zero-order chi connectivity index (χ0) is 27.2. The molecule has 7 heteroatoms. The Bertz CT molecular complexity index is 1220. The molecule has 0 aliphatic heterocycles. The molecule has 0 radical (unpaired) electrons. The summed E-state index contributed by atoms with van der Waals surface area (Å²) in [6.45, 7) is 4.05. The Kier molecular flexibility index (Phi) is 11.0. The number of esters is 2. The van der Waals surface area contributed by atoms with Gasteiger partial charge in [-0.2, -0.15) is 0 Å². The maximum atomic E-state index is 12.6. The molecule has 1 unspecified atom stereocenters. The lowest BCUT2D eigenvalue weighted by Crippen LogP contribution is -2.31. The summed E-state index contributed by atoms with van der Waals surface area (Å²) >= 11 is 0. The van der Waals surface area contributed by atoms with E-state index in [0.717, 1.165) is 22.4 Å². The Balaban J connectivity index is 1.56. The van der Waals surface area contributed by atoms with E-state index in [1.54, 1.807) is 24.3 Å². The Morgan fingerprint density at radius 2 is 1.58 bits per heavy atom. The van der Waals surface area contributed by atoms with E-state index in [1.165, 1.54) is 26.4 Å². The van der Waals surface area contributed by atoms with Crippen LogP contribution in [0, 0.1) is 0 Å². The number of hydrogen-bond acceptors (Lipinski definition) is 7. The SMILES string of the molecule is C=CCOC(=O)C(Cc1ccc(OC)c(OC)c1)OC(=O)/C=C/Cc1ccc(OCc2ccccc2)cc1. The third-order valence-corrected chi connectivity index (χ3v) is 5.51. The van der Waals surface area contributed by atoms with Gasteiger partial charge < -0.3 is 23.7 Å². The van der Waals surface area contributed by atoms with Crippen LogP contribution in [-0.4, -0.2) is 38.9 Å². The van der Waals surface area contributed by atoms with Crippen molar-refractivity contribution in [3.8, 4) is 17.2 Å². The first-order valence-electron chi connectivity index (χ1n) is 12.1. The van der Waals surface area contributed by atoms with Gasteiger partial charge in [-0.3, -0.25) is 0 Å². The molecule has 0 spiro atoms. The van der Waals surface area contributed by atoms with Crippen molar-refractivity contribution in [2.75, 3.05) is 20.8 Å². The zero-order valence-corrected chi connectivity index (χ0v) is 21.6. The smallest absolute Gasteiger partial charge is 0.348 e. The van der Waals surface area contributed by atoms with Gasteiger partial charge in [0.1, 0.15) is 19.0 Å². The third kappa shape index (κ3) is 8.85. The van der Waals surface area contributed by atoms with Crippen molar-refractivity contribution in [2.45, 2.75) is 25.6 Å². The minimum Gasteiger partial charge on any atom is -0.493 e. The van der Waals surface area contributed by atoms with Gasteiger partial charge in [0.15, 0.2) is 11.5 Å². The molecule has 0 fully saturated rings. The van der Waals surface area contributed by atoms with Gasteiger partial charge in [0.2, 0.25) is 6.10 Å². The van der Waals surface area contributed by atoms with Crippen molar-refractivity contribution in [1.29, 1.82) is 0 Å². The monoisotopic (exact) mass is 516 g/mol. The van der Waals surface area contributed by atoms with Crippen LogP contribution in [0.4, 0.5) is 0 Å². The number of allylic oxidation sites excluding steroid dienone is 1. The zero-order valence-electron chi connectivity index (χ0n) is 21.6. The molecule has 0 aliphatic rings. The molecular weight excluding hydrogens is 484 g/mol. The number of ether oxygens (including phenoxy) is 5. The van der Waals surface area contributed by atoms with E-state index in [9.17, 15) is 9.59 Å². The van der Waals surface area contributed by atoms with Crippen molar-refractivity contribution in [2.24, 2.45) is 0 Å². The van der Waals surface area contributed by atoms with E-state index in [-0.39, 0.29) is 13.0 Å². The maximum absolute atomic E-state index is 12.6. The molecule has 0 amide bonds. The molecule has 198 valence electrons. The molecule has 0 saturated carbocycles. The summed E-state index contributed by atoms with van der Waals surface area (Å²) in [6, 6.07) is 22.8. The minimum absolute atomic E-state index is 0.0136. The van der Waals surface area contributed by atoms with E-state index in [0.29, 0.717) is 24.5 Å². The molecule has 7 nitrogen and oxygen atoms in total. The van der Waals surface area contributed by atoms with E-state index in [1.807, 2.05) is 54.6 Å². The van der Waals surface area contributed by atoms with Crippen LogP contribution in [0.15, 0.2) is 97.6 Å². The highest BCUT2D eigenvalue weighted by molar-refractivity contribution is 5.85. The van der Waals surface area contributed by atoms with Crippen LogP contribution in [-0.2, 0) is 38.5 Å². The average Bonchev–Trinajstić information content (AvgIpc) is 2.95. The van der Waals surface area contributed by atoms with E-state index in [2.05, 4.69) is 6.58 Å². The van der Waals surface area contributed by atoms with Crippen molar-refractivity contribution >= 4 is 11.9 Å². The number of methoxy groups -OCH3 is 2. The van der Waals surface area contributed by atoms with Crippen LogP contribution < -0.4 is 14.2 Å². The van der Waals surface area contributed by atoms with Gasteiger partial charge in [-0.15, -0.1) is 0 Å². The second-order valence-corrected chi connectivity index (χ2v) is 8.26. The molecule has 0 aliphatic carbocycles. The number of hydrogen-bond donors (Lipinski definition) is 0. The quantitative estimate of drug-likeness (QED) is 0.164. The second-order valence-electron chi connectivity index (χ2n) is 8.26. The number of carbonyl (C=O) groups excluding carboxylic acids is 2. The summed E-state index contributed by atoms with van der Waals surface area (Å²) in [4.78, 5) is 25.1. The number of carbonyl (C=O) groups is 2. The van der Waals surface area contributed by atoms with Crippen LogP contribution in [0.1, 0.15) is 16.7 Å². The highest BCUT2D eigenvalue weighted by atomic mass is 16.6. The number of rotatable bonds is 14. The third-order valence-electron chi connectivity index (χ3n) is 5.51. The van der Waals surface area contributed by atoms with Crippen LogP contribution in [0.25, 0.3) is 0 Å². The first-order chi connectivity index (χ1) is 18.5. The highest BCUT2D eigenvalue weighted by Gasteiger charge is 2.24. The van der Waals surface area contributed by atoms with Crippen LogP contribution >= 0.6 is 0 Å². The standard InChI is InChI=1S/C31H32O7/c1-4-19-36-31(33)29(21-25-15-18-27(34-2)28(20-25)35-3)38-30(32)12-8-11-23-13-16-26(17-14-23)37-22-24-9-6-5-7-10-24/h4-10,12-18,20,29H,1,11,19,21-22H2,2-3H3/b12-8+. The summed E-state index contributed by atoms with van der Waals surface area (Å²) in [7, 11) is 3.06. The van der Waals surface area contributed by atoms with E-state index < -0.39 is 18.0 Å². The topological polar surface area (TPSA) is 80.3 Å². The molecule has 3 aromatic carbocycles. The molecule has 0 saturated heterocycles. The van der Waals surface area contributed by atoms with Crippen molar-refractivity contribution in [3.05, 3.63) is 114 Å². The lowest BCUT2D eigenvalue weighted by atomic mass is 10.1. The summed E-state index contributed by atoms with van der Waals surface area (Å²) in [6.07, 6.45) is 3.93. The summed E-state index contributed by atoms with van der Waals surface area (Å²) < 4.78 is 27.0. The first-order valence-corrected chi connectivity index (χ1v) is 12.1. The van der Waals surface area contributed by atoms with Gasteiger partial charge >= 0.3 is 11.9 Å². The molecular formula is C31H32O7. The molecule has 0 heterocycles. The Labute approximate surface area is 223 Å². The lowest BCUT2D eigenvalue weighted by Gasteiger charge is -2.17. The fourth-order valence-electron chi connectivity index (χ4n) is 3.56. The summed E-state index contributed by atoms with van der Waals surface area (Å²) in [5.74, 6) is 0.516. The summed E-state index contributed by atoms with van der Waals surface area (Å²) in [5, 5.41) is 0. The Morgan fingerprint density at radius 3 is 2.26 bits per heavy atom. The molecule has 3 aromatic rings. The van der Waals surface area contributed by atoms with Gasteiger partial charge in [-0.1, -0.05) is 67.3 Å². The normalized spacial score (nSPS) is 11.4. The predicted octanol–water partition coefficient (Wildman–Crippen LogP) is 5.27.